The van der Waals surface area contributed by atoms with Crippen molar-refractivity contribution < 1.29 is 24.1 Å². The zero-order valence-corrected chi connectivity index (χ0v) is 15.0. The van der Waals surface area contributed by atoms with Crippen LogP contribution in [0.25, 0.3) is 0 Å². The van der Waals surface area contributed by atoms with Gasteiger partial charge in [0.1, 0.15) is 11.9 Å². The Morgan fingerprint density at radius 1 is 1.20 bits per heavy atom. The van der Waals surface area contributed by atoms with E-state index in [1.54, 1.807) is 0 Å². The van der Waals surface area contributed by atoms with Crippen LogP contribution in [0.2, 0.25) is 0 Å². The van der Waals surface area contributed by atoms with Crippen molar-refractivity contribution in [2.75, 3.05) is 13.2 Å². The third kappa shape index (κ3) is 5.15. The fourth-order valence-corrected chi connectivity index (χ4v) is 3.74. The Bertz CT molecular complexity index is 461. The van der Waals surface area contributed by atoms with Crippen molar-refractivity contribution in [3.63, 3.8) is 0 Å². The van der Waals surface area contributed by atoms with E-state index in [4.69, 9.17) is 30.4 Å². The SMILES string of the molecule is CC1COC(OC2CCCC(OC3OC(CN)=CCC3N)C2)C(O)C1. The van der Waals surface area contributed by atoms with Gasteiger partial charge in [-0.25, -0.2) is 0 Å². The molecule has 3 rings (SSSR count). The molecule has 1 aliphatic carbocycles. The second kappa shape index (κ2) is 8.79. The summed E-state index contributed by atoms with van der Waals surface area (Å²) in [4.78, 5) is 0. The number of rotatable bonds is 5. The van der Waals surface area contributed by atoms with E-state index in [1.807, 2.05) is 6.08 Å². The molecule has 7 atom stereocenters. The third-order valence-corrected chi connectivity index (χ3v) is 5.17. The van der Waals surface area contributed by atoms with E-state index in [9.17, 15) is 5.11 Å². The third-order valence-electron chi connectivity index (χ3n) is 5.17. The zero-order valence-electron chi connectivity index (χ0n) is 15.0. The molecule has 7 unspecified atom stereocenters. The first-order valence-electron chi connectivity index (χ1n) is 9.47. The van der Waals surface area contributed by atoms with Gasteiger partial charge in [-0.1, -0.05) is 6.92 Å². The first-order chi connectivity index (χ1) is 12.0. The molecule has 0 amide bonds. The van der Waals surface area contributed by atoms with Crippen molar-refractivity contribution >= 4 is 0 Å². The minimum Gasteiger partial charge on any atom is -0.467 e. The molecule has 2 heterocycles. The minimum absolute atomic E-state index is 0.0242. The van der Waals surface area contributed by atoms with Crippen molar-refractivity contribution in [2.24, 2.45) is 17.4 Å². The van der Waals surface area contributed by atoms with Gasteiger partial charge in [0.2, 0.25) is 6.29 Å². The second-order valence-corrected chi connectivity index (χ2v) is 7.55. The van der Waals surface area contributed by atoms with Crippen LogP contribution in [-0.2, 0) is 18.9 Å². The number of aliphatic hydroxyl groups is 1. The van der Waals surface area contributed by atoms with Gasteiger partial charge in [0, 0.05) is 6.42 Å². The summed E-state index contributed by atoms with van der Waals surface area (Å²) in [6, 6.07) is -0.179. The fraction of sp³-hybridized carbons (Fsp3) is 0.889. The lowest BCUT2D eigenvalue weighted by atomic mass is 9.94. The number of nitrogens with two attached hydrogens (primary N) is 2. The smallest absolute Gasteiger partial charge is 0.215 e. The average Bonchev–Trinajstić information content (AvgIpc) is 2.60. The maximum absolute atomic E-state index is 10.2. The molecule has 0 bridgehead atoms. The van der Waals surface area contributed by atoms with Crippen LogP contribution >= 0.6 is 0 Å². The van der Waals surface area contributed by atoms with Gasteiger partial charge in [0.25, 0.3) is 0 Å². The quantitative estimate of drug-likeness (QED) is 0.674. The molecule has 2 aliphatic heterocycles. The molecule has 0 spiro atoms. The van der Waals surface area contributed by atoms with Crippen molar-refractivity contribution in [1.82, 2.24) is 0 Å². The number of ether oxygens (including phenoxy) is 4. The molecule has 25 heavy (non-hydrogen) atoms. The van der Waals surface area contributed by atoms with Crippen molar-refractivity contribution in [3.8, 4) is 0 Å². The fourth-order valence-electron chi connectivity index (χ4n) is 3.74. The van der Waals surface area contributed by atoms with E-state index in [0.29, 0.717) is 25.5 Å². The van der Waals surface area contributed by atoms with Crippen LogP contribution in [0, 0.1) is 5.92 Å². The molecule has 7 nitrogen and oxygen atoms in total. The normalized spacial score (nSPS) is 42.6. The molecule has 2 fully saturated rings. The molecular formula is C18H32N2O5. The molecule has 0 aromatic rings. The maximum atomic E-state index is 10.2. The summed E-state index contributed by atoms with van der Waals surface area (Å²) in [5.41, 5.74) is 11.8. The Balaban J connectivity index is 1.49. The van der Waals surface area contributed by atoms with Crippen molar-refractivity contribution in [1.29, 1.82) is 0 Å². The van der Waals surface area contributed by atoms with Crippen LogP contribution in [0.3, 0.4) is 0 Å². The lowest BCUT2D eigenvalue weighted by molar-refractivity contribution is -0.255. The Kier molecular flexibility index (Phi) is 6.71. The minimum atomic E-state index is -0.558. The Morgan fingerprint density at radius 3 is 2.60 bits per heavy atom. The van der Waals surface area contributed by atoms with Crippen LogP contribution < -0.4 is 11.5 Å². The van der Waals surface area contributed by atoms with Crippen LogP contribution in [0.5, 0.6) is 0 Å². The van der Waals surface area contributed by atoms with Crippen molar-refractivity contribution in [3.05, 3.63) is 11.8 Å². The van der Waals surface area contributed by atoms with E-state index >= 15 is 0 Å². The lowest BCUT2D eigenvalue weighted by Crippen LogP contribution is -2.46. The molecule has 7 heteroatoms. The summed E-state index contributed by atoms with van der Waals surface area (Å²) in [6.45, 7) is 3.06. The average molecular weight is 356 g/mol. The predicted octanol–water partition coefficient (Wildman–Crippen LogP) is 0.991. The van der Waals surface area contributed by atoms with Crippen molar-refractivity contribution in [2.45, 2.75) is 82.4 Å². The maximum Gasteiger partial charge on any atom is 0.215 e. The summed E-state index contributed by atoms with van der Waals surface area (Å²) < 4.78 is 23.5. The number of aliphatic hydroxyl groups excluding tert-OH is 1. The predicted molar refractivity (Wildman–Crippen MR) is 92.3 cm³/mol. The zero-order chi connectivity index (χ0) is 17.8. The molecule has 5 N–H and O–H groups in total. The Morgan fingerprint density at radius 2 is 1.92 bits per heavy atom. The Labute approximate surface area is 149 Å². The summed E-state index contributed by atoms with van der Waals surface area (Å²) >= 11 is 0. The summed E-state index contributed by atoms with van der Waals surface area (Å²) in [5, 5.41) is 10.2. The van der Waals surface area contributed by atoms with Crippen LogP contribution in [-0.4, -0.2) is 55.2 Å². The molecular weight excluding hydrogens is 324 g/mol. The molecule has 3 aliphatic rings. The first-order valence-corrected chi connectivity index (χ1v) is 9.47. The highest BCUT2D eigenvalue weighted by Gasteiger charge is 2.35. The van der Waals surface area contributed by atoms with E-state index in [2.05, 4.69) is 6.92 Å². The number of hydrogen-bond acceptors (Lipinski definition) is 7. The summed E-state index contributed by atoms with van der Waals surface area (Å²) in [7, 11) is 0. The molecule has 0 aromatic heterocycles. The van der Waals surface area contributed by atoms with Crippen LogP contribution in [0.15, 0.2) is 11.8 Å². The lowest BCUT2D eigenvalue weighted by Gasteiger charge is -2.38. The highest BCUT2D eigenvalue weighted by Crippen LogP contribution is 2.30. The molecule has 144 valence electrons. The Hall–Kier alpha value is -0.700. The van der Waals surface area contributed by atoms with Gasteiger partial charge in [-0.05, 0) is 44.1 Å². The van der Waals surface area contributed by atoms with E-state index in [0.717, 1.165) is 37.9 Å². The highest BCUT2D eigenvalue weighted by molar-refractivity contribution is 5.01. The van der Waals surface area contributed by atoms with Gasteiger partial charge in [-0.3, -0.25) is 0 Å². The van der Waals surface area contributed by atoms with Gasteiger partial charge in [-0.15, -0.1) is 0 Å². The van der Waals surface area contributed by atoms with Crippen LogP contribution in [0.1, 0.15) is 45.4 Å². The number of hydrogen-bond donors (Lipinski definition) is 3. The summed E-state index contributed by atoms with van der Waals surface area (Å²) in [5.74, 6) is 1.11. The van der Waals surface area contributed by atoms with E-state index in [1.165, 1.54) is 0 Å². The standard InChI is InChI=1S/C18H32N2O5/c1-11-7-16(21)18(22-10-11)24-13-4-2-3-12(8-13)23-17-15(20)6-5-14(9-19)25-17/h5,11-13,15-18,21H,2-4,6-10,19-20H2,1H3. The molecule has 1 saturated heterocycles. The second-order valence-electron chi connectivity index (χ2n) is 7.55. The molecule has 1 saturated carbocycles. The van der Waals surface area contributed by atoms with E-state index < -0.39 is 18.7 Å². The first kappa shape index (κ1) is 19.1. The topological polar surface area (TPSA) is 109 Å². The van der Waals surface area contributed by atoms with Gasteiger partial charge >= 0.3 is 0 Å². The molecule has 0 aromatic carbocycles. The van der Waals surface area contributed by atoms with Gasteiger partial charge in [0.15, 0.2) is 6.29 Å². The van der Waals surface area contributed by atoms with Gasteiger partial charge < -0.3 is 35.5 Å². The monoisotopic (exact) mass is 356 g/mol. The van der Waals surface area contributed by atoms with E-state index in [-0.39, 0.29) is 18.2 Å². The van der Waals surface area contributed by atoms with Gasteiger partial charge in [-0.2, -0.15) is 0 Å². The highest BCUT2D eigenvalue weighted by atomic mass is 16.7. The largest absolute Gasteiger partial charge is 0.467 e. The van der Waals surface area contributed by atoms with Crippen LogP contribution in [0.4, 0.5) is 0 Å². The molecule has 0 radical (unpaired) electrons. The summed E-state index contributed by atoms with van der Waals surface area (Å²) in [6.07, 6.45) is 5.56. The van der Waals surface area contributed by atoms with Gasteiger partial charge in [0.05, 0.1) is 31.4 Å².